The van der Waals surface area contributed by atoms with Gasteiger partial charge in [0.25, 0.3) is 10.1 Å². The van der Waals surface area contributed by atoms with Gasteiger partial charge in [0, 0.05) is 12.8 Å². The van der Waals surface area contributed by atoms with Crippen molar-refractivity contribution in [2.24, 2.45) is 5.41 Å². The highest BCUT2D eigenvalue weighted by Crippen LogP contribution is 2.48. The lowest BCUT2D eigenvalue weighted by Gasteiger charge is -2.25. The molecule has 6 heteroatoms. The average Bonchev–Trinajstić information content (AvgIpc) is 2.67. The largest absolute Gasteiger partial charge is 0.347 e. The molecule has 5 nitrogen and oxygen atoms in total. The Balaban J connectivity index is 1.88. The number of hydrogen-bond acceptors (Lipinski definition) is 5. The van der Waals surface area contributed by atoms with Crippen molar-refractivity contribution in [2.45, 2.75) is 45.0 Å². The molecule has 1 heterocycles. The molecular weight excluding hydrogens is 244 g/mol. The molecule has 0 bridgehead atoms. The summed E-state index contributed by atoms with van der Waals surface area (Å²) in [5, 5.41) is 0. The summed E-state index contributed by atoms with van der Waals surface area (Å²) in [5.41, 5.74) is 0.229. The van der Waals surface area contributed by atoms with Crippen LogP contribution in [-0.4, -0.2) is 39.8 Å². The van der Waals surface area contributed by atoms with Gasteiger partial charge in [0.05, 0.1) is 19.5 Å². The van der Waals surface area contributed by atoms with Gasteiger partial charge < -0.3 is 9.47 Å². The second-order valence-corrected chi connectivity index (χ2v) is 7.44. The van der Waals surface area contributed by atoms with E-state index in [9.17, 15) is 8.42 Å². The summed E-state index contributed by atoms with van der Waals surface area (Å²) in [6.07, 6.45) is 3.55. The van der Waals surface area contributed by atoms with Gasteiger partial charge in [-0.1, -0.05) is 13.8 Å². The summed E-state index contributed by atoms with van der Waals surface area (Å²) in [7, 11) is -3.41. The molecule has 1 saturated carbocycles. The lowest BCUT2D eigenvalue weighted by Crippen LogP contribution is -2.30. The van der Waals surface area contributed by atoms with Gasteiger partial charge >= 0.3 is 0 Å². The molecule has 2 unspecified atom stereocenters. The standard InChI is InChI=1S/C11H20O5S/c1-10(2)4-5-11(8-10)14-6-9(16-11)7-15-17(3,12)13/h9H,4-8H2,1-3H3. The highest BCUT2D eigenvalue weighted by Gasteiger charge is 2.50. The molecule has 2 aliphatic rings. The van der Waals surface area contributed by atoms with Crippen molar-refractivity contribution in [1.82, 2.24) is 0 Å². The average molecular weight is 264 g/mol. The zero-order valence-electron chi connectivity index (χ0n) is 10.6. The topological polar surface area (TPSA) is 61.8 Å². The van der Waals surface area contributed by atoms with E-state index in [0.29, 0.717) is 6.61 Å². The predicted molar refractivity (Wildman–Crippen MR) is 62.0 cm³/mol. The van der Waals surface area contributed by atoms with Crippen molar-refractivity contribution in [1.29, 1.82) is 0 Å². The Kier molecular flexibility index (Phi) is 3.27. The SMILES string of the molecule is CC1(C)CCC2(C1)OCC(COS(C)(=O)=O)O2. The smallest absolute Gasteiger partial charge is 0.264 e. The van der Waals surface area contributed by atoms with E-state index in [1.54, 1.807) is 0 Å². The van der Waals surface area contributed by atoms with E-state index in [1.807, 2.05) is 0 Å². The third-order valence-corrected chi connectivity index (χ3v) is 3.88. The van der Waals surface area contributed by atoms with Crippen molar-refractivity contribution in [3.05, 3.63) is 0 Å². The van der Waals surface area contributed by atoms with Crippen molar-refractivity contribution in [2.75, 3.05) is 19.5 Å². The van der Waals surface area contributed by atoms with Gasteiger partial charge in [0.15, 0.2) is 5.79 Å². The van der Waals surface area contributed by atoms with E-state index in [1.165, 1.54) is 0 Å². The quantitative estimate of drug-likeness (QED) is 0.719. The van der Waals surface area contributed by atoms with Gasteiger partial charge in [0.2, 0.25) is 0 Å². The van der Waals surface area contributed by atoms with Crippen LogP contribution in [0.2, 0.25) is 0 Å². The molecule has 0 amide bonds. The summed E-state index contributed by atoms with van der Waals surface area (Å²) < 4.78 is 38.1. The minimum atomic E-state index is -3.41. The van der Waals surface area contributed by atoms with Crippen LogP contribution in [0.3, 0.4) is 0 Å². The van der Waals surface area contributed by atoms with Gasteiger partial charge in [-0.15, -0.1) is 0 Å². The van der Waals surface area contributed by atoms with Gasteiger partial charge in [-0.25, -0.2) is 0 Å². The highest BCUT2D eigenvalue weighted by atomic mass is 32.2. The molecule has 2 atom stereocenters. The minimum Gasteiger partial charge on any atom is -0.347 e. The molecule has 0 aromatic carbocycles. The van der Waals surface area contributed by atoms with Crippen LogP contribution in [0.25, 0.3) is 0 Å². The van der Waals surface area contributed by atoms with E-state index in [2.05, 4.69) is 13.8 Å². The monoisotopic (exact) mass is 264 g/mol. The molecule has 17 heavy (non-hydrogen) atoms. The molecule has 2 rings (SSSR count). The van der Waals surface area contributed by atoms with E-state index < -0.39 is 15.9 Å². The van der Waals surface area contributed by atoms with Gasteiger partial charge in [-0.2, -0.15) is 8.42 Å². The minimum absolute atomic E-state index is 0.0427. The highest BCUT2D eigenvalue weighted by molar-refractivity contribution is 7.85. The van der Waals surface area contributed by atoms with Crippen LogP contribution in [0.1, 0.15) is 33.1 Å². The first-order valence-corrected chi connectivity index (χ1v) is 7.68. The van der Waals surface area contributed by atoms with Crippen LogP contribution in [0.5, 0.6) is 0 Å². The Bertz CT molecular complexity index is 389. The molecule has 0 aromatic heterocycles. The summed E-state index contributed by atoms with van der Waals surface area (Å²) >= 11 is 0. The Hall–Kier alpha value is -0.170. The fourth-order valence-corrected chi connectivity index (χ4v) is 2.96. The van der Waals surface area contributed by atoms with Gasteiger partial charge in [-0.05, 0) is 11.8 Å². The maximum Gasteiger partial charge on any atom is 0.264 e. The summed E-state index contributed by atoms with van der Waals surface area (Å²) in [6, 6.07) is 0. The lowest BCUT2D eigenvalue weighted by molar-refractivity contribution is -0.169. The van der Waals surface area contributed by atoms with Crippen LogP contribution in [-0.2, 0) is 23.8 Å². The number of hydrogen-bond donors (Lipinski definition) is 0. The van der Waals surface area contributed by atoms with Crippen molar-refractivity contribution in [3.63, 3.8) is 0 Å². The fourth-order valence-electron chi connectivity index (χ4n) is 2.56. The van der Waals surface area contributed by atoms with Crippen molar-refractivity contribution < 1.29 is 22.1 Å². The molecule has 1 aliphatic carbocycles. The molecule has 0 N–H and O–H groups in total. The lowest BCUT2D eigenvalue weighted by atomic mass is 9.91. The first kappa shape index (κ1) is 13.3. The zero-order chi connectivity index (χ0) is 12.7. The van der Waals surface area contributed by atoms with Gasteiger partial charge in [-0.3, -0.25) is 4.18 Å². The third kappa shape index (κ3) is 3.40. The molecule has 0 radical (unpaired) electrons. The van der Waals surface area contributed by atoms with Crippen LogP contribution >= 0.6 is 0 Å². The second kappa shape index (κ2) is 4.19. The predicted octanol–water partition coefficient (Wildman–Crippen LogP) is 1.28. The maximum absolute atomic E-state index is 10.9. The maximum atomic E-state index is 10.9. The van der Waals surface area contributed by atoms with Crippen LogP contribution < -0.4 is 0 Å². The Labute approximate surface area is 103 Å². The normalized spacial score (nSPS) is 36.8. The zero-order valence-corrected chi connectivity index (χ0v) is 11.4. The molecule has 1 aliphatic heterocycles. The van der Waals surface area contributed by atoms with E-state index in [-0.39, 0.29) is 18.1 Å². The van der Waals surface area contributed by atoms with Crippen LogP contribution in [0.15, 0.2) is 0 Å². The summed E-state index contributed by atoms with van der Waals surface area (Å²) in [4.78, 5) is 0. The van der Waals surface area contributed by atoms with E-state index in [0.717, 1.165) is 25.5 Å². The number of rotatable bonds is 3. The first-order valence-electron chi connectivity index (χ1n) is 5.86. The molecule has 1 saturated heterocycles. The van der Waals surface area contributed by atoms with E-state index >= 15 is 0 Å². The molecule has 2 fully saturated rings. The summed E-state index contributed by atoms with van der Waals surface area (Å²) in [5.74, 6) is -0.505. The Morgan fingerprint density at radius 2 is 2.06 bits per heavy atom. The second-order valence-electron chi connectivity index (χ2n) is 5.79. The first-order chi connectivity index (χ1) is 7.70. The third-order valence-electron chi connectivity index (χ3n) is 3.31. The molecule has 1 spiro atoms. The van der Waals surface area contributed by atoms with Crippen LogP contribution in [0.4, 0.5) is 0 Å². The number of ether oxygens (including phenoxy) is 2. The van der Waals surface area contributed by atoms with E-state index in [4.69, 9.17) is 13.7 Å². The van der Waals surface area contributed by atoms with Crippen molar-refractivity contribution in [3.8, 4) is 0 Å². The fraction of sp³-hybridized carbons (Fsp3) is 1.00. The summed E-state index contributed by atoms with van der Waals surface area (Å²) in [6.45, 7) is 4.83. The molecule has 100 valence electrons. The van der Waals surface area contributed by atoms with Crippen LogP contribution in [0, 0.1) is 5.41 Å². The van der Waals surface area contributed by atoms with Gasteiger partial charge in [0.1, 0.15) is 6.10 Å². The van der Waals surface area contributed by atoms with Crippen molar-refractivity contribution >= 4 is 10.1 Å². The Morgan fingerprint density at radius 3 is 2.59 bits per heavy atom. The Morgan fingerprint density at radius 1 is 1.35 bits per heavy atom. The molecule has 0 aromatic rings. The molecular formula is C11H20O5S.